The number of fused-ring (bicyclic) bond motifs is 1. The summed E-state index contributed by atoms with van der Waals surface area (Å²) in [6.45, 7) is 8.32. The van der Waals surface area contributed by atoms with Crippen molar-refractivity contribution >= 4 is 12.0 Å². The minimum absolute atomic E-state index is 0.106. The molecular formula is C27H36N4O5. The van der Waals surface area contributed by atoms with Gasteiger partial charge in [0.15, 0.2) is 11.5 Å². The van der Waals surface area contributed by atoms with Crippen molar-refractivity contribution in [1.82, 2.24) is 20.5 Å². The van der Waals surface area contributed by atoms with Gasteiger partial charge in [-0.3, -0.25) is 9.78 Å². The number of ether oxygens (including phenoxy) is 3. The molecule has 0 bridgehead atoms. The molecular weight excluding hydrogens is 460 g/mol. The van der Waals surface area contributed by atoms with E-state index in [4.69, 9.17) is 14.2 Å². The molecule has 1 saturated heterocycles. The van der Waals surface area contributed by atoms with Gasteiger partial charge in [-0.25, -0.2) is 4.79 Å². The summed E-state index contributed by atoms with van der Waals surface area (Å²) < 4.78 is 16.4. The third-order valence-corrected chi connectivity index (χ3v) is 6.38. The number of nitrogens with one attached hydrogen (secondary N) is 2. The lowest BCUT2D eigenvalue weighted by Crippen LogP contribution is -2.42. The molecule has 1 aromatic heterocycles. The molecule has 0 aliphatic carbocycles. The number of carbonyl (C=O) groups is 2. The average Bonchev–Trinajstić information content (AvgIpc) is 3.33. The summed E-state index contributed by atoms with van der Waals surface area (Å²) in [5.41, 5.74) is 1.32. The fourth-order valence-corrected chi connectivity index (χ4v) is 4.41. The van der Waals surface area contributed by atoms with Crippen LogP contribution in [0.5, 0.6) is 11.5 Å². The first-order chi connectivity index (χ1) is 17.3. The maximum atomic E-state index is 13.2. The fraction of sp³-hybridized carbons (Fsp3) is 0.519. The quantitative estimate of drug-likeness (QED) is 0.573. The van der Waals surface area contributed by atoms with Crippen LogP contribution >= 0.6 is 0 Å². The SMILES string of the molecule is CC(C)(C)OC(=O)N1CCC(CCNC(C(=O)NCc2ccncc2)c2ccc3c(c2)OCO3)CC1. The van der Waals surface area contributed by atoms with E-state index >= 15 is 0 Å². The molecule has 2 aliphatic heterocycles. The van der Waals surface area contributed by atoms with Crippen molar-refractivity contribution in [1.29, 1.82) is 0 Å². The van der Waals surface area contributed by atoms with E-state index in [2.05, 4.69) is 15.6 Å². The number of rotatable bonds is 8. The Morgan fingerprint density at radius 1 is 1.11 bits per heavy atom. The highest BCUT2D eigenvalue weighted by Gasteiger charge is 2.28. The topological polar surface area (TPSA) is 102 Å². The summed E-state index contributed by atoms with van der Waals surface area (Å²) in [5, 5.41) is 6.48. The van der Waals surface area contributed by atoms with Gasteiger partial charge >= 0.3 is 6.09 Å². The van der Waals surface area contributed by atoms with Crippen molar-refractivity contribution in [3.8, 4) is 11.5 Å². The first-order valence-corrected chi connectivity index (χ1v) is 12.6. The summed E-state index contributed by atoms with van der Waals surface area (Å²) in [6.07, 6.45) is 5.94. The second-order valence-electron chi connectivity index (χ2n) is 10.3. The van der Waals surface area contributed by atoms with Gasteiger partial charge in [0.1, 0.15) is 11.6 Å². The van der Waals surface area contributed by atoms with E-state index in [9.17, 15) is 9.59 Å². The van der Waals surface area contributed by atoms with Crippen LogP contribution in [0, 0.1) is 5.92 Å². The van der Waals surface area contributed by atoms with Crippen LogP contribution in [0.2, 0.25) is 0 Å². The zero-order valence-electron chi connectivity index (χ0n) is 21.3. The van der Waals surface area contributed by atoms with Crippen molar-refractivity contribution in [3.63, 3.8) is 0 Å². The summed E-state index contributed by atoms with van der Waals surface area (Å²) >= 11 is 0. The first-order valence-electron chi connectivity index (χ1n) is 12.6. The van der Waals surface area contributed by atoms with Gasteiger partial charge in [-0.2, -0.15) is 0 Å². The molecule has 36 heavy (non-hydrogen) atoms. The number of benzene rings is 1. The monoisotopic (exact) mass is 496 g/mol. The smallest absolute Gasteiger partial charge is 0.410 e. The molecule has 1 unspecified atom stereocenters. The number of nitrogens with zero attached hydrogens (tertiary/aromatic N) is 2. The van der Waals surface area contributed by atoms with Gasteiger partial charge in [0.25, 0.3) is 0 Å². The lowest BCUT2D eigenvalue weighted by molar-refractivity contribution is -0.123. The highest BCUT2D eigenvalue weighted by atomic mass is 16.7. The van der Waals surface area contributed by atoms with Crippen molar-refractivity contribution < 1.29 is 23.8 Å². The molecule has 0 saturated carbocycles. The Morgan fingerprint density at radius 2 is 1.83 bits per heavy atom. The van der Waals surface area contributed by atoms with Gasteiger partial charge in [0.2, 0.25) is 12.7 Å². The van der Waals surface area contributed by atoms with Crippen LogP contribution < -0.4 is 20.1 Å². The Kier molecular flexibility index (Phi) is 8.30. The van der Waals surface area contributed by atoms with Crippen molar-refractivity contribution in [3.05, 3.63) is 53.9 Å². The molecule has 2 aliphatic rings. The predicted octanol–water partition coefficient (Wildman–Crippen LogP) is 3.79. The van der Waals surface area contributed by atoms with Crippen molar-refractivity contribution in [2.45, 2.75) is 58.2 Å². The van der Waals surface area contributed by atoms with Crippen LogP contribution in [0.3, 0.4) is 0 Å². The molecule has 1 atom stereocenters. The Balaban J connectivity index is 1.32. The fourth-order valence-electron chi connectivity index (χ4n) is 4.41. The molecule has 9 heteroatoms. The number of piperidine rings is 1. The number of pyridine rings is 1. The number of hydrogen-bond donors (Lipinski definition) is 2. The Morgan fingerprint density at radius 3 is 2.56 bits per heavy atom. The van der Waals surface area contributed by atoms with Gasteiger partial charge in [-0.1, -0.05) is 6.07 Å². The van der Waals surface area contributed by atoms with E-state index in [-0.39, 0.29) is 18.8 Å². The molecule has 9 nitrogen and oxygen atoms in total. The van der Waals surface area contributed by atoms with Crippen LogP contribution in [0.25, 0.3) is 0 Å². The van der Waals surface area contributed by atoms with E-state index in [1.54, 1.807) is 17.3 Å². The molecule has 1 aromatic carbocycles. The second kappa shape index (κ2) is 11.6. The van der Waals surface area contributed by atoms with Crippen LogP contribution in [0.15, 0.2) is 42.7 Å². The molecule has 0 spiro atoms. The van der Waals surface area contributed by atoms with Crippen LogP contribution in [0.4, 0.5) is 4.79 Å². The third kappa shape index (κ3) is 7.10. The highest BCUT2D eigenvalue weighted by Crippen LogP contribution is 2.34. The van der Waals surface area contributed by atoms with Gasteiger partial charge in [-0.05, 0) is 87.9 Å². The van der Waals surface area contributed by atoms with E-state index < -0.39 is 11.6 Å². The minimum atomic E-state index is -0.525. The van der Waals surface area contributed by atoms with Gasteiger partial charge in [0.05, 0.1) is 0 Å². The van der Waals surface area contributed by atoms with Gasteiger partial charge < -0.3 is 29.7 Å². The minimum Gasteiger partial charge on any atom is -0.454 e. The zero-order chi connectivity index (χ0) is 25.5. The second-order valence-corrected chi connectivity index (χ2v) is 10.3. The average molecular weight is 497 g/mol. The van der Waals surface area contributed by atoms with Crippen LogP contribution in [-0.4, -0.2) is 53.9 Å². The Hall–Kier alpha value is -3.33. The van der Waals surface area contributed by atoms with E-state index in [1.165, 1.54) is 0 Å². The molecule has 3 heterocycles. The normalized spacial score (nSPS) is 16.5. The van der Waals surface area contributed by atoms with Crippen molar-refractivity contribution in [2.75, 3.05) is 26.4 Å². The Labute approximate surface area is 212 Å². The Bertz CT molecular complexity index is 1030. The standard InChI is InChI=1S/C27H36N4O5/c1-27(2,3)36-26(33)31-14-9-19(10-15-31)8-13-29-24(21-4-5-22-23(16-21)35-18-34-22)25(32)30-17-20-6-11-28-12-7-20/h4-7,11-12,16,19,24,29H,8-10,13-15,17-18H2,1-3H3,(H,30,32). The molecule has 4 rings (SSSR count). The van der Waals surface area contributed by atoms with E-state index in [1.807, 2.05) is 51.1 Å². The summed E-state index contributed by atoms with van der Waals surface area (Å²) in [4.78, 5) is 31.3. The maximum Gasteiger partial charge on any atom is 0.410 e. The summed E-state index contributed by atoms with van der Waals surface area (Å²) in [6, 6.07) is 8.85. The molecule has 194 valence electrons. The van der Waals surface area contributed by atoms with E-state index in [0.29, 0.717) is 43.6 Å². The van der Waals surface area contributed by atoms with Crippen LogP contribution in [-0.2, 0) is 16.1 Å². The number of aromatic nitrogens is 1. The summed E-state index contributed by atoms with van der Waals surface area (Å²) in [7, 11) is 0. The van der Waals surface area contributed by atoms with Crippen molar-refractivity contribution in [2.24, 2.45) is 5.92 Å². The van der Waals surface area contributed by atoms with Crippen LogP contribution in [0.1, 0.15) is 57.2 Å². The number of amides is 2. The predicted molar refractivity (Wildman–Crippen MR) is 135 cm³/mol. The maximum absolute atomic E-state index is 13.2. The zero-order valence-corrected chi connectivity index (χ0v) is 21.3. The summed E-state index contributed by atoms with van der Waals surface area (Å²) in [5.74, 6) is 1.71. The number of hydrogen-bond acceptors (Lipinski definition) is 7. The molecule has 0 radical (unpaired) electrons. The molecule has 1 fully saturated rings. The lowest BCUT2D eigenvalue weighted by Gasteiger charge is -2.33. The van der Waals surface area contributed by atoms with E-state index in [0.717, 1.165) is 30.4 Å². The molecule has 2 N–H and O–H groups in total. The first kappa shape index (κ1) is 25.8. The lowest BCUT2D eigenvalue weighted by atomic mass is 9.93. The number of likely N-dealkylation sites (tertiary alicyclic amines) is 1. The highest BCUT2D eigenvalue weighted by molar-refractivity contribution is 5.83. The molecule has 2 aromatic rings. The largest absolute Gasteiger partial charge is 0.454 e. The third-order valence-electron chi connectivity index (χ3n) is 6.38. The number of carbonyl (C=O) groups excluding carboxylic acids is 2. The van der Waals surface area contributed by atoms with Gasteiger partial charge in [0, 0.05) is 32.0 Å². The van der Waals surface area contributed by atoms with Gasteiger partial charge in [-0.15, -0.1) is 0 Å². The molecule has 2 amide bonds.